The molecule has 4 unspecified atom stereocenters. The van der Waals surface area contributed by atoms with Crippen LogP contribution in [0.3, 0.4) is 0 Å². The van der Waals surface area contributed by atoms with E-state index in [1.807, 2.05) is 166 Å². The van der Waals surface area contributed by atoms with E-state index >= 15 is 0 Å². The number of carboxylic acid groups (broad SMARTS) is 4. The number of ether oxygens (including phenoxy) is 12. The van der Waals surface area contributed by atoms with Crippen molar-refractivity contribution in [1.29, 1.82) is 0 Å². The molecular weight excluding hydrogens is 1040 g/mol. The van der Waals surface area contributed by atoms with E-state index in [1.165, 1.54) is 0 Å². The van der Waals surface area contributed by atoms with Crippen LogP contribution in [0.5, 0.6) is 0 Å². The molecule has 0 aliphatic rings. The van der Waals surface area contributed by atoms with Crippen LogP contribution in [0.4, 0.5) is 0 Å². The predicted molar refractivity (Wildman–Crippen MR) is 281 cm³/mol. The summed E-state index contributed by atoms with van der Waals surface area (Å²) >= 11 is 0. The minimum Gasteiger partial charge on any atom is -0.550 e. The molecule has 0 saturated carbocycles. The third kappa shape index (κ3) is 60.9. The minimum absolute atomic E-state index is 0. The Morgan fingerprint density at radius 2 is 0.377 bits per heavy atom. The van der Waals surface area contributed by atoms with Crippen LogP contribution < -0.4 is 20.4 Å². The molecule has 0 radical (unpaired) electrons. The van der Waals surface area contributed by atoms with Gasteiger partial charge in [0.25, 0.3) is 23.8 Å². The molecule has 0 aromatic carbocycles. The fourth-order valence-electron chi connectivity index (χ4n) is 5.53. The maximum absolute atomic E-state index is 10.7. The number of carboxylic acids is 4. The summed E-state index contributed by atoms with van der Waals surface area (Å²) in [7, 11) is 0. The average Bonchev–Trinajstić information content (AvgIpc) is 3.14. The normalized spacial score (nSPS) is 12.5. The Labute approximate surface area is 477 Å². The smallest absolute Gasteiger partial charge is 0.550 e. The summed E-state index contributed by atoms with van der Waals surface area (Å²) in [6, 6.07) is 0. The Balaban J connectivity index is -0.000000298. The molecule has 21 heteroatoms. The van der Waals surface area contributed by atoms with Gasteiger partial charge in [0.05, 0.1) is 97.7 Å². The van der Waals surface area contributed by atoms with Crippen molar-refractivity contribution in [3.05, 3.63) is 48.1 Å². The van der Waals surface area contributed by atoms with E-state index in [1.54, 1.807) is 24.3 Å². The number of rotatable bonds is 36. The minimum atomic E-state index is -1.17. The van der Waals surface area contributed by atoms with E-state index in [-0.39, 0.29) is 144 Å². The van der Waals surface area contributed by atoms with Gasteiger partial charge in [-0.05, 0) is 166 Å². The van der Waals surface area contributed by atoms with Gasteiger partial charge in [0, 0.05) is 73.9 Å². The number of hydrogen-bond acceptors (Lipinski definition) is 20. The molecule has 0 aromatic rings. The van der Waals surface area contributed by atoms with Crippen LogP contribution >= 0.6 is 0 Å². The van der Waals surface area contributed by atoms with Crippen molar-refractivity contribution in [2.24, 2.45) is 0 Å². The number of hydrogen-bond donors (Lipinski definition) is 0. The molecule has 0 heterocycles. The molecule has 0 saturated heterocycles. The van der Waals surface area contributed by atoms with E-state index in [2.05, 4.69) is 0 Å². The Morgan fingerprint density at radius 1 is 0.260 bits per heavy atom. The monoisotopic (exact) mass is 1140 g/mol. The second-order valence-electron chi connectivity index (χ2n) is 20.5. The summed E-state index contributed by atoms with van der Waals surface area (Å²) in [5, 5.41) is 42.9. The molecule has 77 heavy (non-hydrogen) atoms. The van der Waals surface area contributed by atoms with E-state index < -0.39 is 48.3 Å². The Hall–Kier alpha value is -4.21. The molecule has 4 atom stereocenters. The maximum atomic E-state index is 10.7. The first kappa shape index (κ1) is 81.6. The van der Waals surface area contributed by atoms with Crippen LogP contribution in [0.15, 0.2) is 48.1 Å². The van der Waals surface area contributed by atoms with Crippen molar-refractivity contribution in [1.82, 2.24) is 0 Å². The summed E-state index contributed by atoms with van der Waals surface area (Å²) in [5.74, 6) is -3.53. The molecule has 0 spiro atoms. The molecule has 0 aliphatic carbocycles. The predicted octanol–water partition coefficient (Wildman–Crippen LogP) is 6.44. The second kappa shape index (κ2) is 46.7. The topological polar surface area (TPSA) is 271 Å². The summed E-state index contributed by atoms with van der Waals surface area (Å²) in [6.07, 6.45) is 1.88. The quantitative estimate of drug-likeness (QED) is 0.0482. The van der Waals surface area contributed by atoms with Crippen molar-refractivity contribution in [3.8, 4) is 0 Å². The Morgan fingerprint density at radius 3 is 0.455 bits per heavy atom. The third-order valence-corrected chi connectivity index (χ3v) is 7.36. The number of aliphatic carboxylic acids is 4. The molecule has 0 aliphatic heterocycles. The van der Waals surface area contributed by atoms with Crippen LogP contribution in [0.25, 0.3) is 0 Å². The van der Waals surface area contributed by atoms with Crippen LogP contribution in [-0.2, 0) is 97.7 Å². The van der Waals surface area contributed by atoms with Gasteiger partial charge in [0.1, 0.15) is 0 Å². The van der Waals surface area contributed by atoms with Gasteiger partial charge in [-0.2, -0.15) is 0 Å². The zero-order chi connectivity index (χ0) is 60.0. The summed E-state index contributed by atoms with van der Waals surface area (Å²) < 4.78 is 66.0. The van der Waals surface area contributed by atoms with E-state index in [9.17, 15) is 39.6 Å². The maximum Gasteiger partial charge on any atom is 4.00 e. The van der Waals surface area contributed by atoms with Crippen molar-refractivity contribution in [3.63, 3.8) is 0 Å². The van der Waals surface area contributed by atoms with E-state index in [0.717, 1.165) is 0 Å². The standard InChI is InChI=1S/4C14H26O5.Ti/c4*1-9(2)17-12(7-13(15)16)8-14(18-10(3)4)19-11(5)6;/h4*8-12H,7H2,1-6H3,(H,15,16);/q;;;;+4/p-4. The van der Waals surface area contributed by atoms with Gasteiger partial charge >= 0.3 is 21.7 Å². The van der Waals surface area contributed by atoms with E-state index in [0.29, 0.717) is 0 Å². The van der Waals surface area contributed by atoms with Gasteiger partial charge < -0.3 is 96.4 Å². The molecule has 0 aromatic heterocycles. The van der Waals surface area contributed by atoms with Crippen LogP contribution in [0.2, 0.25) is 0 Å². The Kier molecular flexibility index (Phi) is 49.5. The SMILES string of the molecule is CC(C)OC(=CC(CC(=O)[O-])OC(C)C)OC(C)C.CC(C)OC(=CC(CC(=O)[O-])OC(C)C)OC(C)C.CC(C)OC(=CC(CC(=O)[O-])OC(C)C)OC(C)C.CC(C)OC(=CC(CC(=O)[O-])OC(C)C)OC(C)C.[Ti+4]. The zero-order valence-electron chi connectivity index (χ0n) is 51.0. The Bertz CT molecular complexity index is 1380. The fraction of sp³-hybridized carbons (Fsp3) is 0.786. The molecular formula is C56H100O20Ti. The molecule has 0 N–H and O–H groups in total. The molecule has 448 valence electrons. The van der Waals surface area contributed by atoms with Gasteiger partial charge in [-0.25, -0.2) is 0 Å². The number of carbonyl (C=O) groups excluding carboxylic acids is 4. The van der Waals surface area contributed by atoms with Crippen LogP contribution in [0.1, 0.15) is 192 Å². The molecule has 0 fully saturated rings. The van der Waals surface area contributed by atoms with Crippen LogP contribution in [0, 0.1) is 0 Å². The molecule has 0 bridgehead atoms. The third-order valence-electron chi connectivity index (χ3n) is 7.36. The largest absolute Gasteiger partial charge is 4.00 e. The first-order valence-electron chi connectivity index (χ1n) is 26.4. The number of carbonyl (C=O) groups is 4. The molecule has 0 rings (SSSR count). The van der Waals surface area contributed by atoms with Crippen molar-refractivity contribution in [2.45, 2.75) is 290 Å². The molecule has 20 nitrogen and oxygen atoms in total. The van der Waals surface area contributed by atoms with Gasteiger partial charge in [-0.15, -0.1) is 0 Å². The van der Waals surface area contributed by atoms with Gasteiger partial charge in [0.2, 0.25) is 0 Å². The first-order chi connectivity index (χ1) is 34.8. The van der Waals surface area contributed by atoms with Crippen LogP contribution in [-0.4, -0.2) is 122 Å². The van der Waals surface area contributed by atoms with Gasteiger partial charge in [0.15, 0.2) is 0 Å². The average molecular weight is 1140 g/mol. The van der Waals surface area contributed by atoms with Gasteiger partial charge in [-0.1, -0.05) is 0 Å². The molecule has 0 amide bonds. The summed E-state index contributed by atoms with van der Waals surface area (Å²) in [6.45, 7) is 44.6. The van der Waals surface area contributed by atoms with Gasteiger partial charge in [-0.3, -0.25) is 0 Å². The van der Waals surface area contributed by atoms with Crippen molar-refractivity contribution >= 4 is 23.9 Å². The van der Waals surface area contributed by atoms with E-state index in [4.69, 9.17) is 56.8 Å². The van der Waals surface area contributed by atoms with Crippen molar-refractivity contribution in [2.75, 3.05) is 0 Å². The van der Waals surface area contributed by atoms with Crippen molar-refractivity contribution < 1.29 is 118 Å². The fourth-order valence-corrected chi connectivity index (χ4v) is 5.53. The summed E-state index contributed by atoms with van der Waals surface area (Å²) in [4.78, 5) is 42.9. The second-order valence-corrected chi connectivity index (χ2v) is 20.5. The zero-order valence-corrected chi connectivity index (χ0v) is 52.6. The first-order valence-corrected chi connectivity index (χ1v) is 26.4. The summed E-state index contributed by atoms with van der Waals surface area (Å²) in [5.41, 5.74) is 0.